The Balaban J connectivity index is 2.38. The lowest BCUT2D eigenvalue weighted by molar-refractivity contribution is 0.449. The summed E-state index contributed by atoms with van der Waals surface area (Å²) in [7, 11) is 0. The van der Waals surface area contributed by atoms with Crippen LogP contribution in [0, 0.1) is 0 Å². The number of rotatable bonds is 3. The van der Waals surface area contributed by atoms with Crippen LogP contribution in [0.4, 0.5) is 0 Å². The Labute approximate surface area is 62.9 Å². The summed E-state index contributed by atoms with van der Waals surface area (Å²) < 4.78 is 0. The van der Waals surface area contributed by atoms with E-state index in [4.69, 9.17) is 0 Å². The van der Waals surface area contributed by atoms with Gasteiger partial charge in [0, 0.05) is 19.5 Å². The zero-order valence-electron chi connectivity index (χ0n) is 6.93. The Morgan fingerprint density at radius 3 is 2.90 bits per heavy atom. The minimum Gasteiger partial charge on any atom is -0.359 e. The number of aliphatic imine (C=N–C) groups is 1. The maximum atomic E-state index is 4.40. The summed E-state index contributed by atoms with van der Waals surface area (Å²) in [4.78, 5) is 6.79. The van der Waals surface area contributed by atoms with Crippen molar-refractivity contribution in [2.75, 3.05) is 19.6 Å². The molecule has 1 heterocycles. The van der Waals surface area contributed by atoms with E-state index in [0.29, 0.717) is 0 Å². The van der Waals surface area contributed by atoms with Crippen LogP contribution in [0.2, 0.25) is 0 Å². The molecular formula is C8H16N2. The van der Waals surface area contributed by atoms with Crippen molar-refractivity contribution in [2.24, 2.45) is 4.99 Å². The number of hydrogen-bond acceptors (Lipinski definition) is 2. The molecule has 0 saturated heterocycles. The molecule has 0 fully saturated rings. The fourth-order valence-electron chi connectivity index (χ4n) is 1.38. The highest BCUT2D eigenvalue weighted by Gasteiger charge is 2.12. The van der Waals surface area contributed by atoms with Crippen molar-refractivity contribution in [2.45, 2.75) is 26.7 Å². The van der Waals surface area contributed by atoms with Crippen molar-refractivity contribution in [1.82, 2.24) is 4.90 Å². The summed E-state index contributed by atoms with van der Waals surface area (Å²) in [6, 6.07) is 0. The zero-order chi connectivity index (χ0) is 7.40. The second kappa shape index (κ2) is 3.59. The lowest BCUT2D eigenvalue weighted by atomic mass is 10.3. The van der Waals surface area contributed by atoms with E-state index in [2.05, 4.69) is 23.7 Å². The Kier molecular flexibility index (Phi) is 2.72. The molecule has 10 heavy (non-hydrogen) atoms. The van der Waals surface area contributed by atoms with E-state index in [9.17, 15) is 0 Å². The molecule has 0 atom stereocenters. The van der Waals surface area contributed by atoms with Crippen LogP contribution in [-0.4, -0.2) is 30.4 Å². The van der Waals surface area contributed by atoms with Crippen LogP contribution in [0.1, 0.15) is 26.7 Å². The molecule has 1 aliphatic rings. The van der Waals surface area contributed by atoms with Crippen molar-refractivity contribution in [1.29, 1.82) is 0 Å². The van der Waals surface area contributed by atoms with Gasteiger partial charge in [0.15, 0.2) is 0 Å². The average Bonchev–Trinajstić information content (AvgIpc) is 2.36. The van der Waals surface area contributed by atoms with Gasteiger partial charge in [0.25, 0.3) is 0 Å². The normalized spacial score (nSPS) is 17.8. The van der Waals surface area contributed by atoms with E-state index in [1.807, 2.05) is 0 Å². The first kappa shape index (κ1) is 7.58. The van der Waals surface area contributed by atoms with Crippen molar-refractivity contribution < 1.29 is 0 Å². The van der Waals surface area contributed by atoms with Gasteiger partial charge in [-0.05, 0) is 6.42 Å². The fourth-order valence-corrected chi connectivity index (χ4v) is 1.38. The Morgan fingerprint density at radius 2 is 2.30 bits per heavy atom. The third kappa shape index (κ3) is 1.49. The molecule has 2 nitrogen and oxygen atoms in total. The van der Waals surface area contributed by atoms with Gasteiger partial charge < -0.3 is 4.90 Å². The monoisotopic (exact) mass is 140 g/mol. The first-order valence-corrected chi connectivity index (χ1v) is 4.16. The predicted molar refractivity (Wildman–Crippen MR) is 44.5 cm³/mol. The maximum absolute atomic E-state index is 4.40. The van der Waals surface area contributed by atoms with Crippen LogP contribution >= 0.6 is 0 Å². The van der Waals surface area contributed by atoms with E-state index in [0.717, 1.165) is 19.5 Å². The minimum absolute atomic E-state index is 1.02. The molecule has 1 rings (SSSR count). The Bertz CT molecular complexity index is 129. The molecule has 0 aromatic rings. The van der Waals surface area contributed by atoms with Gasteiger partial charge in [0.2, 0.25) is 0 Å². The van der Waals surface area contributed by atoms with Gasteiger partial charge in [0.05, 0.1) is 12.4 Å². The second-order valence-corrected chi connectivity index (χ2v) is 2.64. The molecule has 0 N–H and O–H groups in total. The molecule has 2 heteroatoms. The van der Waals surface area contributed by atoms with Crippen LogP contribution in [0.5, 0.6) is 0 Å². The van der Waals surface area contributed by atoms with Gasteiger partial charge in [-0.25, -0.2) is 0 Å². The SMILES string of the molecule is CCCN1CCN=C1CC. The van der Waals surface area contributed by atoms with Crippen molar-refractivity contribution in [3.63, 3.8) is 0 Å². The van der Waals surface area contributed by atoms with Crippen LogP contribution < -0.4 is 0 Å². The zero-order valence-corrected chi connectivity index (χ0v) is 6.93. The fraction of sp³-hybridized carbons (Fsp3) is 0.875. The minimum atomic E-state index is 1.02. The van der Waals surface area contributed by atoms with E-state index in [1.54, 1.807) is 0 Å². The van der Waals surface area contributed by atoms with E-state index < -0.39 is 0 Å². The van der Waals surface area contributed by atoms with Crippen LogP contribution in [0.3, 0.4) is 0 Å². The summed E-state index contributed by atoms with van der Waals surface area (Å²) in [5.74, 6) is 1.31. The van der Waals surface area contributed by atoms with E-state index in [1.165, 1.54) is 18.8 Å². The standard InChI is InChI=1S/C8H16N2/c1-3-6-10-7-5-9-8(10)4-2/h3-7H2,1-2H3. The molecule has 0 aliphatic carbocycles. The lowest BCUT2D eigenvalue weighted by Gasteiger charge is -2.17. The van der Waals surface area contributed by atoms with Crippen LogP contribution in [0.15, 0.2) is 4.99 Å². The Morgan fingerprint density at radius 1 is 1.50 bits per heavy atom. The largest absolute Gasteiger partial charge is 0.359 e. The van der Waals surface area contributed by atoms with Gasteiger partial charge in [-0.3, -0.25) is 4.99 Å². The summed E-state index contributed by atoms with van der Waals surface area (Å²) in [5, 5.41) is 0. The first-order valence-electron chi connectivity index (χ1n) is 4.16. The molecule has 0 saturated carbocycles. The molecule has 0 aromatic heterocycles. The number of amidine groups is 1. The quantitative estimate of drug-likeness (QED) is 0.580. The number of nitrogens with zero attached hydrogens (tertiary/aromatic N) is 2. The number of hydrogen-bond donors (Lipinski definition) is 0. The van der Waals surface area contributed by atoms with Crippen LogP contribution in [-0.2, 0) is 0 Å². The molecular weight excluding hydrogens is 124 g/mol. The van der Waals surface area contributed by atoms with Crippen molar-refractivity contribution >= 4 is 5.84 Å². The van der Waals surface area contributed by atoms with Crippen molar-refractivity contribution in [3.8, 4) is 0 Å². The Hall–Kier alpha value is -0.530. The van der Waals surface area contributed by atoms with Crippen molar-refractivity contribution in [3.05, 3.63) is 0 Å². The molecule has 0 unspecified atom stereocenters. The maximum Gasteiger partial charge on any atom is 0.0987 e. The van der Waals surface area contributed by atoms with Gasteiger partial charge in [-0.15, -0.1) is 0 Å². The second-order valence-electron chi connectivity index (χ2n) is 2.64. The van der Waals surface area contributed by atoms with Gasteiger partial charge >= 0.3 is 0 Å². The molecule has 58 valence electrons. The van der Waals surface area contributed by atoms with Crippen LogP contribution in [0.25, 0.3) is 0 Å². The molecule has 0 bridgehead atoms. The third-order valence-corrected chi connectivity index (χ3v) is 1.84. The molecule has 1 aliphatic heterocycles. The van der Waals surface area contributed by atoms with E-state index in [-0.39, 0.29) is 0 Å². The summed E-state index contributed by atoms with van der Waals surface area (Å²) in [6.45, 7) is 7.74. The highest BCUT2D eigenvalue weighted by atomic mass is 15.2. The molecule has 0 radical (unpaired) electrons. The molecule has 0 spiro atoms. The summed E-state index contributed by atoms with van der Waals surface area (Å²) >= 11 is 0. The molecule has 0 aromatic carbocycles. The van der Waals surface area contributed by atoms with Gasteiger partial charge in [0.1, 0.15) is 0 Å². The predicted octanol–water partition coefficient (Wildman–Crippen LogP) is 1.52. The average molecular weight is 140 g/mol. The first-order chi connectivity index (χ1) is 4.88. The lowest BCUT2D eigenvalue weighted by Crippen LogP contribution is -2.27. The van der Waals surface area contributed by atoms with Gasteiger partial charge in [-0.1, -0.05) is 13.8 Å². The molecule has 0 amide bonds. The van der Waals surface area contributed by atoms with Gasteiger partial charge in [-0.2, -0.15) is 0 Å². The highest BCUT2D eigenvalue weighted by Crippen LogP contribution is 2.04. The summed E-state index contributed by atoms with van der Waals surface area (Å²) in [5.41, 5.74) is 0. The third-order valence-electron chi connectivity index (χ3n) is 1.84. The topological polar surface area (TPSA) is 15.6 Å². The smallest absolute Gasteiger partial charge is 0.0987 e. The highest BCUT2D eigenvalue weighted by molar-refractivity contribution is 5.83. The van der Waals surface area contributed by atoms with E-state index >= 15 is 0 Å². The summed E-state index contributed by atoms with van der Waals surface area (Å²) in [6.07, 6.45) is 2.33.